The maximum Gasteiger partial charge on any atom is 0.228 e. The number of aryl methyl sites for hydroxylation is 1. The fourth-order valence-corrected chi connectivity index (χ4v) is 5.90. The number of hydrogen-bond donors (Lipinski definition) is 1. The van der Waals surface area contributed by atoms with Gasteiger partial charge in [0.15, 0.2) is 11.5 Å². The van der Waals surface area contributed by atoms with Gasteiger partial charge in [0.25, 0.3) is 0 Å². The Balaban J connectivity index is 1.18. The molecule has 32 heavy (non-hydrogen) atoms. The first kappa shape index (κ1) is 21.2. The molecule has 3 aromatic rings. The van der Waals surface area contributed by atoms with Crippen molar-refractivity contribution in [1.82, 2.24) is 9.88 Å². The number of piperidine rings is 1. The topological polar surface area (TPSA) is 63.7 Å². The molecule has 2 heterocycles. The number of benzene rings is 2. The van der Waals surface area contributed by atoms with Gasteiger partial charge in [-0.3, -0.25) is 9.69 Å². The summed E-state index contributed by atoms with van der Waals surface area (Å²) >= 11 is 1.68. The van der Waals surface area contributed by atoms with E-state index in [0.29, 0.717) is 0 Å². The molecular formula is C25H29N3O3S. The quantitative estimate of drug-likeness (QED) is 0.580. The SMILES string of the molecule is COc1cccc(CN2CCC3(CC2)CC3C(=O)Nc2ccc3sc(C)nc3c2)c1OC. The Morgan fingerprint density at radius 1 is 1.22 bits per heavy atom. The minimum Gasteiger partial charge on any atom is -0.493 e. The Morgan fingerprint density at radius 3 is 2.78 bits per heavy atom. The molecule has 2 aliphatic rings. The van der Waals surface area contributed by atoms with E-state index in [1.54, 1.807) is 25.6 Å². The standard InChI is InChI=1S/C25H29N3O3S/c1-16-26-20-13-18(7-8-22(20)32-16)27-24(29)19-14-25(19)9-11-28(12-10-25)15-17-5-4-6-21(30-2)23(17)31-3/h4-8,13,19H,9-12,14-15H2,1-3H3,(H,27,29). The number of ether oxygens (including phenoxy) is 2. The highest BCUT2D eigenvalue weighted by Crippen LogP contribution is 2.59. The molecule has 1 atom stereocenters. The number of nitrogens with one attached hydrogen (secondary N) is 1. The summed E-state index contributed by atoms with van der Waals surface area (Å²) in [6.45, 7) is 4.83. The molecule has 5 rings (SSSR count). The summed E-state index contributed by atoms with van der Waals surface area (Å²) in [5.74, 6) is 1.85. The first-order chi connectivity index (χ1) is 15.5. The highest BCUT2D eigenvalue weighted by Gasteiger charge is 2.58. The van der Waals surface area contributed by atoms with Gasteiger partial charge in [-0.15, -0.1) is 11.3 Å². The van der Waals surface area contributed by atoms with Crippen LogP contribution in [0.25, 0.3) is 10.2 Å². The third kappa shape index (κ3) is 3.95. The van der Waals surface area contributed by atoms with Crippen LogP contribution in [0, 0.1) is 18.3 Å². The van der Waals surface area contributed by atoms with Crippen molar-refractivity contribution in [2.75, 3.05) is 32.6 Å². The van der Waals surface area contributed by atoms with Gasteiger partial charge in [-0.25, -0.2) is 4.98 Å². The van der Waals surface area contributed by atoms with Crippen LogP contribution in [0.5, 0.6) is 11.5 Å². The third-order valence-corrected chi connectivity index (χ3v) is 7.95. The molecule has 0 bridgehead atoms. The molecule has 168 valence electrons. The maximum atomic E-state index is 12.9. The Labute approximate surface area is 192 Å². The molecule has 1 amide bonds. The minimum atomic E-state index is 0.115. The lowest BCUT2D eigenvalue weighted by molar-refractivity contribution is -0.118. The molecule has 1 spiro atoms. The van der Waals surface area contributed by atoms with E-state index in [4.69, 9.17) is 9.47 Å². The van der Waals surface area contributed by atoms with Gasteiger partial charge in [0.1, 0.15) is 0 Å². The van der Waals surface area contributed by atoms with E-state index < -0.39 is 0 Å². The fourth-order valence-electron chi connectivity index (χ4n) is 5.10. The molecule has 0 radical (unpaired) electrons. The van der Waals surface area contributed by atoms with Crippen molar-refractivity contribution in [2.24, 2.45) is 11.3 Å². The zero-order chi connectivity index (χ0) is 22.3. The number of carbonyl (C=O) groups excluding carboxylic acids is 1. The molecule has 6 nitrogen and oxygen atoms in total. The second kappa shape index (κ2) is 8.37. The van der Waals surface area contributed by atoms with Crippen LogP contribution >= 0.6 is 11.3 Å². The Kier molecular flexibility index (Phi) is 5.55. The van der Waals surface area contributed by atoms with Crippen molar-refractivity contribution in [3.8, 4) is 11.5 Å². The number of rotatable bonds is 6. The molecule has 2 fully saturated rings. The van der Waals surface area contributed by atoms with Gasteiger partial charge in [-0.1, -0.05) is 12.1 Å². The molecule has 1 N–H and O–H groups in total. The van der Waals surface area contributed by atoms with Crippen molar-refractivity contribution < 1.29 is 14.3 Å². The number of amides is 1. The highest BCUT2D eigenvalue weighted by molar-refractivity contribution is 7.18. The van der Waals surface area contributed by atoms with Crippen LogP contribution in [0.1, 0.15) is 29.8 Å². The Morgan fingerprint density at radius 2 is 2.03 bits per heavy atom. The number of methoxy groups -OCH3 is 2. The minimum absolute atomic E-state index is 0.115. The Bertz CT molecular complexity index is 1150. The highest BCUT2D eigenvalue weighted by atomic mass is 32.1. The van der Waals surface area contributed by atoms with Crippen LogP contribution in [0.15, 0.2) is 36.4 Å². The summed E-state index contributed by atoms with van der Waals surface area (Å²) in [4.78, 5) is 19.9. The average Bonchev–Trinajstić information content (AvgIpc) is 3.37. The first-order valence-electron chi connectivity index (χ1n) is 11.1. The monoisotopic (exact) mass is 451 g/mol. The smallest absolute Gasteiger partial charge is 0.228 e. The lowest BCUT2D eigenvalue weighted by atomic mass is 9.90. The van der Waals surface area contributed by atoms with E-state index in [1.165, 1.54) is 0 Å². The summed E-state index contributed by atoms with van der Waals surface area (Å²) in [6, 6.07) is 12.0. The number of para-hydroxylation sites is 1. The third-order valence-electron chi connectivity index (χ3n) is 7.00. The van der Waals surface area contributed by atoms with Crippen molar-refractivity contribution >= 4 is 33.1 Å². The lowest BCUT2D eigenvalue weighted by Gasteiger charge is -2.33. The predicted molar refractivity (Wildman–Crippen MR) is 128 cm³/mol. The summed E-state index contributed by atoms with van der Waals surface area (Å²) < 4.78 is 12.2. The van der Waals surface area contributed by atoms with Gasteiger partial charge in [0.2, 0.25) is 5.91 Å². The van der Waals surface area contributed by atoms with Crippen LogP contribution in [-0.2, 0) is 11.3 Å². The zero-order valence-electron chi connectivity index (χ0n) is 18.8. The first-order valence-corrected chi connectivity index (χ1v) is 11.9. The maximum absolute atomic E-state index is 12.9. The molecule has 1 unspecified atom stereocenters. The van der Waals surface area contributed by atoms with Crippen molar-refractivity contribution in [3.05, 3.63) is 47.0 Å². The number of fused-ring (bicyclic) bond motifs is 1. The second-order valence-corrected chi connectivity index (χ2v) is 10.2. The number of thiazole rings is 1. The van der Waals surface area contributed by atoms with Crippen LogP contribution in [0.4, 0.5) is 5.69 Å². The van der Waals surface area contributed by atoms with Gasteiger partial charge in [0.05, 0.1) is 29.4 Å². The predicted octanol–water partition coefficient (Wildman–Crippen LogP) is 4.86. The summed E-state index contributed by atoms with van der Waals surface area (Å²) in [6.07, 6.45) is 3.11. The van der Waals surface area contributed by atoms with Gasteiger partial charge in [0, 0.05) is 23.7 Å². The lowest BCUT2D eigenvalue weighted by Crippen LogP contribution is -2.35. The van der Waals surface area contributed by atoms with Gasteiger partial charge < -0.3 is 14.8 Å². The van der Waals surface area contributed by atoms with E-state index >= 15 is 0 Å². The second-order valence-electron chi connectivity index (χ2n) is 8.95. The summed E-state index contributed by atoms with van der Waals surface area (Å²) in [5.41, 5.74) is 3.11. The number of aromatic nitrogens is 1. The van der Waals surface area contributed by atoms with Crippen LogP contribution < -0.4 is 14.8 Å². The number of nitrogens with zero attached hydrogens (tertiary/aromatic N) is 2. The molecule has 7 heteroatoms. The van der Waals surface area contributed by atoms with E-state index in [-0.39, 0.29) is 17.2 Å². The molecule has 1 saturated heterocycles. The largest absolute Gasteiger partial charge is 0.493 e. The van der Waals surface area contributed by atoms with Crippen molar-refractivity contribution in [3.63, 3.8) is 0 Å². The zero-order valence-corrected chi connectivity index (χ0v) is 19.6. The molecular weight excluding hydrogens is 422 g/mol. The van der Waals surface area contributed by atoms with Crippen LogP contribution in [-0.4, -0.2) is 43.1 Å². The summed E-state index contributed by atoms with van der Waals surface area (Å²) in [7, 11) is 3.36. The van der Waals surface area contributed by atoms with Gasteiger partial charge >= 0.3 is 0 Å². The number of anilines is 1. The molecule has 1 aliphatic heterocycles. The van der Waals surface area contributed by atoms with Gasteiger partial charge in [-0.2, -0.15) is 0 Å². The van der Waals surface area contributed by atoms with Crippen molar-refractivity contribution in [1.29, 1.82) is 0 Å². The van der Waals surface area contributed by atoms with Crippen molar-refractivity contribution in [2.45, 2.75) is 32.7 Å². The number of hydrogen-bond acceptors (Lipinski definition) is 6. The normalized spacial score (nSPS) is 19.8. The molecule has 1 aromatic heterocycles. The number of carbonyl (C=O) groups is 1. The van der Waals surface area contributed by atoms with E-state index in [2.05, 4.69) is 21.3 Å². The average molecular weight is 452 g/mol. The van der Waals surface area contributed by atoms with E-state index in [0.717, 1.165) is 76.9 Å². The number of likely N-dealkylation sites (tertiary alicyclic amines) is 1. The molecule has 1 saturated carbocycles. The molecule has 2 aromatic carbocycles. The van der Waals surface area contributed by atoms with E-state index in [1.807, 2.05) is 37.3 Å². The fraction of sp³-hybridized carbons (Fsp3) is 0.440. The van der Waals surface area contributed by atoms with Gasteiger partial charge in [-0.05, 0) is 69.0 Å². The van der Waals surface area contributed by atoms with Crippen LogP contribution in [0.3, 0.4) is 0 Å². The van der Waals surface area contributed by atoms with Crippen LogP contribution in [0.2, 0.25) is 0 Å². The Hall–Kier alpha value is -2.64. The molecule has 1 aliphatic carbocycles. The van der Waals surface area contributed by atoms with E-state index in [9.17, 15) is 4.79 Å². The summed E-state index contributed by atoms with van der Waals surface area (Å²) in [5, 5.41) is 4.18.